The largest absolute Gasteiger partial charge is 0.296 e. The quantitative estimate of drug-likeness (QED) is 0.633. The molecule has 1 rings (SSSR count). The van der Waals surface area contributed by atoms with E-state index >= 15 is 0 Å². The molecule has 0 amide bonds. The summed E-state index contributed by atoms with van der Waals surface area (Å²) in [6.07, 6.45) is 1.57. The summed E-state index contributed by atoms with van der Waals surface area (Å²) in [5, 5.41) is 1.41. The second-order valence-electron chi connectivity index (χ2n) is 1.93. The molecule has 6 heteroatoms. The zero-order valence-corrected chi connectivity index (χ0v) is 7.28. The van der Waals surface area contributed by atoms with Crippen LogP contribution >= 0.6 is 11.3 Å². The average molecular weight is 191 g/mol. The van der Waals surface area contributed by atoms with Crippen molar-refractivity contribution >= 4 is 27.5 Å². The minimum atomic E-state index is -3.24. The number of aromatic nitrogens is 1. The van der Waals surface area contributed by atoms with Gasteiger partial charge >= 0.3 is 0 Å². The smallest absolute Gasteiger partial charge is 0.209 e. The molecule has 0 radical (unpaired) electrons. The SMILES string of the molecule is CS(=O)(=O)c1nc(C=O)cs1. The molecule has 0 fully saturated rings. The van der Waals surface area contributed by atoms with Crippen molar-refractivity contribution in [3.05, 3.63) is 11.1 Å². The van der Waals surface area contributed by atoms with Gasteiger partial charge in [0.05, 0.1) is 0 Å². The number of rotatable bonds is 2. The average Bonchev–Trinajstić information content (AvgIpc) is 2.32. The normalized spacial score (nSPS) is 11.4. The van der Waals surface area contributed by atoms with E-state index in [1.165, 1.54) is 5.38 Å². The van der Waals surface area contributed by atoms with Crippen LogP contribution in [0.1, 0.15) is 10.5 Å². The van der Waals surface area contributed by atoms with Gasteiger partial charge in [-0.1, -0.05) is 0 Å². The van der Waals surface area contributed by atoms with E-state index in [0.29, 0.717) is 6.29 Å². The molecule has 1 aromatic heterocycles. The summed E-state index contributed by atoms with van der Waals surface area (Å²) in [5.74, 6) is 0. The van der Waals surface area contributed by atoms with Gasteiger partial charge in [-0.3, -0.25) is 4.79 Å². The van der Waals surface area contributed by atoms with Gasteiger partial charge in [0.15, 0.2) is 6.29 Å². The molecule has 0 N–H and O–H groups in total. The van der Waals surface area contributed by atoms with Crippen molar-refractivity contribution in [2.45, 2.75) is 4.34 Å². The third kappa shape index (κ3) is 1.84. The van der Waals surface area contributed by atoms with Gasteiger partial charge in [0.1, 0.15) is 5.69 Å². The predicted molar refractivity (Wildman–Crippen MR) is 40.6 cm³/mol. The second-order valence-corrected chi connectivity index (χ2v) is 4.98. The minimum Gasteiger partial charge on any atom is -0.296 e. The summed E-state index contributed by atoms with van der Waals surface area (Å²) in [7, 11) is -3.24. The summed E-state index contributed by atoms with van der Waals surface area (Å²) in [6, 6.07) is 0. The van der Waals surface area contributed by atoms with Crippen molar-refractivity contribution in [2.24, 2.45) is 0 Å². The number of aldehydes is 1. The summed E-state index contributed by atoms with van der Waals surface area (Å²) in [5.41, 5.74) is 0.162. The summed E-state index contributed by atoms with van der Waals surface area (Å²) in [6.45, 7) is 0. The molecule has 0 aliphatic heterocycles. The van der Waals surface area contributed by atoms with Crippen LogP contribution < -0.4 is 0 Å². The van der Waals surface area contributed by atoms with E-state index in [2.05, 4.69) is 4.98 Å². The lowest BCUT2D eigenvalue weighted by atomic mass is 10.6. The second kappa shape index (κ2) is 2.71. The van der Waals surface area contributed by atoms with Crippen LogP contribution in [0.4, 0.5) is 0 Å². The Labute approximate surface area is 67.8 Å². The predicted octanol–water partition coefficient (Wildman–Crippen LogP) is 0.359. The van der Waals surface area contributed by atoms with E-state index in [-0.39, 0.29) is 10.0 Å². The summed E-state index contributed by atoms with van der Waals surface area (Å²) in [4.78, 5) is 13.7. The number of thiazole rings is 1. The van der Waals surface area contributed by atoms with Gasteiger partial charge in [-0.25, -0.2) is 13.4 Å². The molecule has 0 saturated carbocycles. The Bertz CT molecular complexity index is 365. The van der Waals surface area contributed by atoms with Crippen molar-refractivity contribution in [3.8, 4) is 0 Å². The first-order valence-corrected chi connectivity index (χ1v) is 5.42. The Morgan fingerprint density at radius 3 is 2.55 bits per heavy atom. The van der Waals surface area contributed by atoms with Crippen LogP contribution in [0.25, 0.3) is 0 Å². The molecule has 4 nitrogen and oxygen atoms in total. The number of carbonyl (C=O) groups excluding carboxylic acids is 1. The molecule has 0 bridgehead atoms. The lowest BCUT2D eigenvalue weighted by molar-refractivity contribution is 0.111. The Morgan fingerprint density at radius 2 is 2.27 bits per heavy atom. The molecule has 1 aromatic rings. The highest BCUT2D eigenvalue weighted by Gasteiger charge is 2.11. The highest BCUT2D eigenvalue weighted by Crippen LogP contribution is 2.13. The molecular formula is C5H5NO3S2. The number of nitrogens with zero attached hydrogens (tertiary/aromatic N) is 1. The molecule has 60 valence electrons. The van der Waals surface area contributed by atoms with Crippen LogP contribution in [0.15, 0.2) is 9.72 Å². The van der Waals surface area contributed by atoms with Crippen LogP contribution in [0.2, 0.25) is 0 Å². The topological polar surface area (TPSA) is 64.1 Å². The Morgan fingerprint density at radius 1 is 1.64 bits per heavy atom. The van der Waals surface area contributed by atoms with E-state index in [1.807, 2.05) is 0 Å². The van der Waals surface area contributed by atoms with Crippen molar-refractivity contribution in [3.63, 3.8) is 0 Å². The molecule has 11 heavy (non-hydrogen) atoms. The van der Waals surface area contributed by atoms with Crippen LogP contribution in [0, 0.1) is 0 Å². The van der Waals surface area contributed by atoms with Crippen molar-refractivity contribution in [1.82, 2.24) is 4.98 Å². The molecule has 0 aliphatic carbocycles. The van der Waals surface area contributed by atoms with Gasteiger partial charge in [0.25, 0.3) is 0 Å². The molecule has 0 unspecified atom stereocenters. The number of hydrogen-bond acceptors (Lipinski definition) is 5. The van der Waals surface area contributed by atoms with Gasteiger partial charge in [0.2, 0.25) is 14.2 Å². The fourth-order valence-corrected chi connectivity index (χ4v) is 2.10. The summed E-state index contributed by atoms with van der Waals surface area (Å²) >= 11 is 0.951. The first kappa shape index (κ1) is 8.35. The van der Waals surface area contributed by atoms with Crippen LogP contribution in [0.5, 0.6) is 0 Å². The molecule has 0 aliphatic rings. The van der Waals surface area contributed by atoms with Crippen molar-refractivity contribution in [2.75, 3.05) is 6.26 Å². The lowest BCUT2D eigenvalue weighted by Gasteiger charge is -1.85. The highest BCUT2D eigenvalue weighted by molar-refractivity contribution is 7.92. The molecule has 0 spiro atoms. The molecular weight excluding hydrogens is 186 g/mol. The van der Waals surface area contributed by atoms with E-state index in [0.717, 1.165) is 17.6 Å². The van der Waals surface area contributed by atoms with E-state index < -0.39 is 9.84 Å². The molecule has 0 atom stereocenters. The number of hydrogen-bond donors (Lipinski definition) is 0. The van der Waals surface area contributed by atoms with Gasteiger partial charge in [0, 0.05) is 11.6 Å². The van der Waals surface area contributed by atoms with E-state index in [4.69, 9.17) is 0 Å². The first-order chi connectivity index (χ1) is 5.04. The minimum absolute atomic E-state index is 0.0143. The van der Waals surface area contributed by atoms with Gasteiger partial charge in [-0.15, -0.1) is 11.3 Å². The molecule has 1 heterocycles. The summed E-state index contributed by atoms with van der Waals surface area (Å²) < 4.78 is 21.6. The van der Waals surface area contributed by atoms with Crippen molar-refractivity contribution < 1.29 is 13.2 Å². The molecule has 0 aromatic carbocycles. The maximum atomic E-state index is 10.8. The van der Waals surface area contributed by atoms with Crippen LogP contribution in [0.3, 0.4) is 0 Å². The lowest BCUT2D eigenvalue weighted by Crippen LogP contribution is -1.95. The maximum Gasteiger partial charge on any atom is 0.209 e. The van der Waals surface area contributed by atoms with E-state index in [1.54, 1.807) is 0 Å². The third-order valence-corrected chi connectivity index (χ3v) is 3.51. The highest BCUT2D eigenvalue weighted by atomic mass is 32.2. The fraction of sp³-hybridized carbons (Fsp3) is 0.200. The van der Waals surface area contributed by atoms with Crippen LogP contribution in [-0.4, -0.2) is 25.9 Å². The Kier molecular flexibility index (Phi) is 2.05. The third-order valence-electron chi connectivity index (χ3n) is 0.939. The van der Waals surface area contributed by atoms with Crippen LogP contribution in [-0.2, 0) is 9.84 Å². The first-order valence-electron chi connectivity index (χ1n) is 2.65. The molecule has 0 saturated heterocycles. The van der Waals surface area contributed by atoms with Crippen molar-refractivity contribution in [1.29, 1.82) is 0 Å². The number of sulfone groups is 1. The monoisotopic (exact) mass is 191 g/mol. The van der Waals surface area contributed by atoms with Gasteiger partial charge < -0.3 is 0 Å². The maximum absolute atomic E-state index is 10.8. The number of carbonyl (C=O) groups is 1. The fourth-order valence-electron chi connectivity index (χ4n) is 0.493. The van der Waals surface area contributed by atoms with Gasteiger partial charge in [-0.2, -0.15) is 0 Å². The zero-order chi connectivity index (χ0) is 8.48. The Hall–Kier alpha value is -0.750. The standard InChI is InChI=1S/C5H5NO3S2/c1-11(8,9)5-6-4(2-7)3-10-5/h2-3H,1H3. The van der Waals surface area contributed by atoms with E-state index in [9.17, 15) is 13.2 Å². The zero-order valence-electron chi connectivity index (χ0n) is 5.64. The van der Waals surface area contributed by atoms with Gasteiger partial charge in [-0.05, 0) is 0 Å². The Balaban J connectivity index is 3.18.